The summed E-state index contributed by atoms with van der Waals surface area (Å²) in [4.78, 5) is 16.6. The van der Waals surface area contributed by atoms with Crippen LogP contribution in [-0.2, 0) is 6.42 Å². The molecule has 0 saturated carbocycles. The van der Waals surface area contributed by atoms with E-state index in [4.69, 9.17) is 0 Å². The van der Waals surface area contributed by atoms with Gasteiger partial charge in [-0.05, 0) is 19.1 Å². The molecule has 1 aromatic rings. The first-order valence-corrected chi connectivity index (χ1v) is 6.96. The molecule has 0 fully saturated rings. The molecule has 6 nitrogen and oxygen atoms in total. The van der Waals surface area contributed by atoms with Gasteiger partial charge in [0.05, 0.1) is 12.6 Å². The van der Waals surface area contributed by atoms with E-state index < -0.39 is 0 Å². The van der Waals surface area contributed by atoms with Gasteiger partial charge in [-0.3, -0.25) is 10.3 Å². The van der Waals surface area contributed by atoms with Gasteiger partial charge in [-0.1, -0.05) is 0 Å². The van der Waals surface area contributed by atoms with Crippen LogP contribution in [0.5, 0.6) is 0 Å². The van der Waals surface area contributed by atoms with Crippen molar-refractivity contribution in [2.75, 3.05) is 34.2 Å². The van der Waals surface area contributed by atoms with Gasteiger partial charge in [-0.2, -0.15) is 0 Å². The third kappa shape index (κ3) is 3.76. The molecule has 1 aliphatic heterocycles. The number of aromatic amines is 1. The largest absolute Gasteiger partial charge is 0.365 e. The van der Waals surface area contributed by atoms with Gasteiger partial charge < -0.3 is 14.8 Å². The Kier molecular flexibility index (Phi) is 4.65. The fraction of sp³-hybridized carbons (Fsp3) is 0.571. The first-order valence-electron chi connectivity index (χ1n) is 6.96. The van der Waals surface area contributed by atoms with Crippen LogP contribution in [0.3, 0.4) is 0 Å². The second-order valence-electron chi connectivity index (χ2n) is 5.35. The lowest BCUT2D eigenvalue weighted by atomic mass is 10.3. The number of H-pyrrole nitrogens is 1. The Morgan fingerprint density at radius 3 is 2.75 bits per heavy atom. The number of nitrogens with zero attached hydrogens (tertiary/aromatic N) is 4. The van der Waals surface area contributed by atoms with E-state index in [0.717, 1.165) is 24.9 Å². The summed E-state index contributed by atoms with van der Waals surface area (Å²) in [6, 6.07) is 4.32. The Morgan fingerprint density at radius 1 is 1.30 bits per heavy atom. The molecular weight excluding hydrogens is 252 g/mol. The summed E-state index contributed by atoms with van der Waals surface area (Å²) in [7, 11) is 6.02. The molecule has 1 aromatic heterocycles. The second-order valence-corrected chi connectivity index (χ2v) is 5.35. The van der Waals surface area contributed by atoms with Crippen molar-refractivity contribution >= 4 is 11.9 Å². The molecule has 0 saturated heterocycles. The smallest absolute Gasteiger partial charge is 0.200 e. The van der Waals surface area contributed by atoms with E-state index in [9.17, 15) is 0 Å². The fourth-order valence-corrected chi connectivity index (χ4v) is 2.00. The Morgan fingerprint density at radius 2 is 2.10 bits per heavy atom. The van der Waals surface area contributed by atoms with E-state index in [1.807, 2.05) is 31.3 Å². The first-order chi connectivity index (χ1) is 9.56. The molecule has 1 unspecified atom stereocenters. The summed E-state index contributed by atoms with van der Waals surface area (Å²) in [5.41, 5.74) is 1.24. The number of guanidine groups is 2. The summed E-state index contributed by atoms with van der Waals surface area (Å²) in [5, 5.41) is 3.32. The monoisotopic (exact) mass is 276 g/mol. The van der Waals surface area contributed by atoms with Gasteiger partial charge in [0.1, 0.15) is 0 Å². The van der Waals surface area contributed by atoms with Gasteiger partial charge >= 0.3 is 0 Å². The van der Waals surface area contributed by atoms with Crippen molar-refractivity contribution in [3.63, 3.8) is 0 Å². The van der Waals surface area contributed by atoms with Crippen molar-refractivity contribution in [1.29, 1.82) is 0 Å². The van der Waals surface area contributed by atoms with Crippen LogP contribution in [-0.4, -0.2) is 67.0 Å². The Bertz CT molecular complexity index is 474. The predicted octanol–water partition coefficient (Wildman–Crippen LogP) is 0.754. The van der Waals surface area contributed by atoms with Crippen molar-refractivity contribution in [2.24, 2.45) is 9.98 Å². The number of aliphatic imine (C=N–C) groups is 2. The summed E-state index contributed by atoms with van der Waals surface area (Å²) in [6.07, 6.45) is 2.92. The van der Waals surface area contributed by atoms with Crippen molar-refractivity contribution < 1.29 is 0 Å². The van der Waals surface area contributed by atoms with Crippen LogP contribution in [0, 0.1) is 0 Å². The maximum atomic E-state index is 4.69. The Labute approximate surface area is 120 Å². The molecule has 0 aliphatic carbocycles. The Hall–Kier alpha value is -1.98. The maximum Gasteiger partial charge on any atom is 0.200 e. The van der Waals surface area contributed by atoms with Gasteiger partial charge in [0.2, 0.25) is 5.96 Å². The fourth-order valence-electron chi connectivity index (χ4n) is 2.00. The third-order valence-corrected chi connectivity index (χ3v) is 3.24. The van der Waals surface area contributed by atoms with Gasteiger partial charge in [0.15, 0.2) is 5.96 Å². The van der Waals surface area contributed by atoms with Crippen LogP contribution >= 0.6 is 0 Å². The van der Waals surface area contributed by atoms with Gasteiger partial charge in [0.25, 0.3) is 0 Å². The highest BCUT2D eigenvalue weighted by Crippen LogP contribution is 2.02. The molecule has 0 bridgehead atoms. The van der Waals surface area contributed by atoms with Crippen molar-refractivity contribution in [1.82, 2.24) is 20.1 Å². The molecular formula is C14H24N6. The topological polar surface area (TPSA) is 59.0 Å². The minimum Gasteiger partial charge on any atom is -0.365 e. The predicted molar refractivity (Wildman–Crippen MR) is 83.1 cm³/mol. The van der Waals surface area contributed by atoms with Crippen LogP contribution in [0.2, 0.25) is 0 Å². The van der Waals surface area contributed by atoms with E-state index >= 15 is 0 Å². The molecule has 0 spiro atoms. The number of likely N-dealkylation sites (N-methyl/N-ethyl adjacent to an activating group) is 1. The normalized spacial score (nSPS) is 18.7. The van der Waals surface area contributed by atoms with Gasteiger partial charge in [-0.25, -0.2) is 4.99 Å². The van der Waals surface area contributed by atoms with Crippen molar-refractivity contribution in [2.45, 2.75) is 19.4 Å². The standard InChI is InChI=1S/C14H24N6/c1-11-10-16-13(19(2)3)18-14(17-11)20(4)9-7-12-6-5-8-15-12/h5-6,8,11,15H,7,9-10H2,1-4H3,(H,16,17,18). The average Bonchev–Trinajstić information content (AvgIpc) is 2.84. The molecule has 1 atom stereocenters. The SMILES string of the molecule is CC1CN=C(N(C)C)NC(N(C)CCc2ccc[nH]2)=N1. The molecule has 0 radical (unpaired) electrons. The molecule has 2 heterocycles. The van der Waals surface area contributed by atoms with Gasteiger partial charge in [-0.15, -0.1) is 0 Å². The van der Waals surface area contributed by atoms with Crippen molar-refractivity contribution in [3.05, 3.63) is 24.0 Å². The maximum absolute atomic E-state index is 4.69. The zero-order valence-corrected chi connectivity index (χ0v) is 12.7. The van der Waals surface area contributed by atoms with E-state index in [-0.39, 0.29) is 6.04 Å². The zero-order chi connectivity index (χ0) is 14.5. The third-order valence-electron chi connectivity index (χ3n) is 3.24. The highest BCUT2D eigenvalue weighted by Gasteiger charge is 2.16. The summed E-state index contributed by atoms with van der Waals surface area (Å²) in [6.45, 7) is 3.71. The lowest BCUT2D eigenvalue weighted by molar-refractivity contribution is 0.485. The van der Waals surface area contributed by atoms with Crippen LogP contribution < -0.4 is 5.32 Å². The van der Waals surface area contributed by atoms with E-state index in [1.165, 1.54) is 5.69 Å². The molecule has 1 aliphatic rings. The van der Waals surface area contributed by atoms with Gasteiger partial charge in [0, 0.05) is 46.0 Å². The highest BCUT2D eigenvalue weighted by molar-refractivity contribution is 5.98. The first kappa shape index (κ1) is 14.4. The molecule has 110 valence electrons. The Balaban J connectivity index is 1.99. The van der Waals surface area contributed by atoms with Crippen molar-refractivity contribution in [3.8, 4) is 0 Å². The zero-order valence-electron chi connectivity index (χ0n) is 12.7. The van der Waals surface area contributed by atoms with E-state index in [1.54, 1.807) is 0 Å². The van der Waals surface area contributed by atoms with Crippen LogP contribution in [0.25, 0.3) is 0 Å². The van der Waals surface area contributed by atoms with E-state index in [2.05, 4.69) is 45.2 Å². The molecule has 2 rings (SSSR count). The quantitative estimate of drug-likeness (QED) is 0.856. The molecule has 20 heavy (non-hydrogen) atoms. The van der Waals surface area contributed by atoms with Crippen LogP contribution in [0.4, 0.5) is 0 Å². The highest BCUT2D eigenvalue weighted by atomic mass is 15.4. The number of hydrogen-bond donors (Lipinski definition) is 2. The second kappa shape index (κ2) is 6.45. The molecule has 0 aromatic carbocycles. The summed E-state index contributed by atoms with van der Waals surface area (Å²) < 4.78 is 0. The average molecular weight is 276 g/mol. The molecule has 0 amide bonds. The summed E-state index contributed by atoms with van der Waals surface area (Å²) >= 11 is 0. The van der Waals surface area contributed by atoms with Crippen LogP contribution in [0.1, 0.15) is 12.6 Å². The van der Waals surface area contributed by atoms with Crippen LogP contribution in [0.15, 0.2) is 28.3 Å². The molecule has 6 heteroatoms. The number of aromatic nitrogens is 1. The minimum atomic E-state index is 0.197. The lowest BCUT2D eigenvalue weighted by Crippen LogP contribution is -2.47. The van der Waals surface area contributed by atoms with E-state index in [0.29, 0.717) is 6.54 Å². The summed E-state index contributed by atoms with van der Waals surface area (Å²) in [5.74, 6) is 1.74. The number of rotatable bonds is 3. The number of nitrogens with one attached hydrogen (secondary N) is 2. The minimum absolute atomic E-state index is 0.197. The number of hydrogen-bond acceptors (Lipinski definition) is 5. The molecule has 2 N–H and O–H groups in total. The lowest BCUT2D eigenvalue weighted by Gasteiger charge is -2.24.